The average molecular weight is 729 g/mol. The standard InChI is InChI=1S/C53H36N4/c1-53(2)47-17-9-8-16-42(47)46-31-44-40-15-7-6-14-39(40)43-30-38(27-28-41(43)45(44)32-48(46)53)33-19-23-36(24-20-33)51-55-50(35-12-4-3-5-13-35)56-52(57-51)37-25-21-34(22-26-37)49-18-10-11-29-54-49/h3-32H,1-2H3. The number of nitrogens with zero attached hydrogens (tertiary/aromatic N) is 4. The summed E-state index contributed by atoms with van der Waals surface area (Å²) >= 11 is 0. The van der Waals surface area contributed by atoms with E-state index in [-0.39, 0.29) is 5.41 Å². The summed E-state index contributed by atoms with van der Waals surface area (Å²) in [4.78, 5) is 19.5. The lowest BCUT2D eigenvalue weighted by atomic mass is 9.81. The highest BCUT2D eigenvalue weighted by atomic mass is 15.0. The summed E-state index contributed by atoms with van der Waals surface area (Å²) in [6.45, 7) is 4.71. The molecule has 2 aromatic heterocycles. The molecule has 4 heteroatoms. The molecule has 0 radical (unpaired) electrons. The van der Waals surface area contributed by atoms with Gasteiger partial charge in [-0.1, -0.05) is 159 Å². The predicted molar refractivity (Wildman–Crippen MR) is 235 cm³/mol. The Morgan fingerprint density at radius 1 is 0.333 bits per heavy atom. The lowest BCUT2D eigenvalue weighted by molar-refractivity contribution is 0.661. The Hall–Kier alpha value is -7.30. The molecule has 268 valence electrons. The van der Waals surface area contributed by atoms with E-state index in [4.69, 9.17) is 15.0 Å². The number of hydrogen-bond donors (Lipinski definition) is 0. The maximum Gasteiger partial charge on any atom is 0.164 e. The molecule has 0 aliphatic heterocycles. The molecular formula is C53H36N4. The van der Waals surface area contributed by atoms with Gasteiger partial charge in [0, 0.05) is 33.9 Å². The number of rotatable bonds is 5. The Balaban J connectivity index is 0.996. The first-order chi connectivity index (χ1) is 28.0. The van der Waals surface area contributed by atoms with Crippen LogP contribution in [-0.2, 0) is 5.41 Å². The van der Waals surface area contributed by atoms with Crippen molar-refractivity contribution < 1.29 is 0 Å². The van der Waals surface area contributed by atoms with Crippen molar-refractivity contribution in [1.82, 2.24) is 19.9 Å². The fourth-order valence-corrected chi connectivity index (χ4v) is 8.81. The second kappa shape index (κ2) is 12.9. The minimum atomic E-state index is -0.0639. The second-order valence-corrected chi connectivity index (χ2v) is 15.5. The first-order valence-corrected chi connectivity index (χ1v) is 19.5. The molecule has 4 nitrogen and oxygen atoms in total. The van der Waals surface area contributed by atoms with Crippen LogP contribution >= 0.6 is 0 Å². The molecule has 0 N–H and O–H groups in total. The fourth-order valence-electron chi connectivity index (χ4n) is 8.81. The summed E-state index contributed by atoms with van der Waals surface area (Å²) in [5.74, 6) is 1.90. The van der Waals surface area contributed by atoms with Crippen LogP contribution in [0.5, 0.6) is 0 Å². The van der Waals surface area contributed by atoms with Gasteiger partial charge in [0.05, 0.1) is 5.69 Å². The van der Waals surface area contributed by atoms with E-state index < -0.39 is 0 Å². The van der Waals surface area contributed by atoms with E-state index in [0.29, 0.717) is 17.5 Å². The molecule has 57 heavy (non-hydrogen) atoms. The zero-order valence-corrected chi connectivity index (χ0v) is 31.6. The molecule has 0 bridgehead atoms. The highest BCUT2D eigenvalue weighted by molar-refractivity contribution is 6.26. The molecule has 8 aromatic carbocycles. The molecule has 0 saturated heterocycles. The Morgan fingerprint density at radius 3 is 1.51 bits per heavy atom. The van der Waals surface area contributed by atoms with Crippen LogP contribution < -0.4 is 0 Å². The first-order valence-electron chi connectivity index (χ1n) is 19.5. The largest absolute Gasteiger partial charge is 0.256 e. The van der Waals surface area contributed by atoms with Crippen molar-refractivity contribution in [2.75, 3.05) is 0 Å². The summed E-state index contributed by atoms with van der Waals surface area (Å²) in [6.07, 6.45) is 1.81. The van der Waals surface area contributed by atoms with Gasteiger partial charge >= 0.3 is 0 Å². The molecule has 1 aliphatic rings. The molecule has 1 aliphatic carbocycles. The fraction of sp³-hybridized carbons (Fsp3) is 0.0566. The summed E-state index contributed by atoms with van der Waals surface area (Å²) in [5.41, 5.74) is 12.5. The molecule has 0 amide bonds. The van der Waals surface area contributed by atoms with Gasteiger partial charge in [0.1, 0.15) is 0 Å². The van der Waals surface area contributed by atoms with Gasteiger partial charge in [0.2, 0.25) is 0 Å². The van der Waals surface area contributed by atoms with E-state index in [0.717, 1.165) is 33.5 Å². The van der Waals surface area contributed by atoms with Gasteiger partial charge < -0.3 is 0 Å². The summed E-state index contributed by atoms with van der Waals surface area (Å²) in [7, 11) is 0. The second-order valence-electron chi connectivity index (χ2n) is 15.5. The highest BCUT2D eigenvalue weighted by Gasteiger charge is 2.35. The zero-order valence-electron chi connectivity index (χ0n) is 31.6. The SMILES string of the molecule is CC1(C)c2ccccc2-c2cc3c4ccccc4c4cc(-c5ccc(-c6nc(-c7ccccc7)nc(-c7ccc(-c8ccccn8)cc7)n6)cc5)ccc4c3cc21. The van der Waals surface area contributed by atoms with Gasteiger partial charge in [0.25, 0.3) is 0 Å². The third-order valence-electron chi connectivity index (χ3n) is 11.8. The average Bonchev–Trinajstić information content (AvgIpc) is 3.51. The van der Waals surface area contributed by atoms with E-state index in [1.807, 2.05) is 54.7 Å². The number of fused-ring (bicyclic) bond motifs is 9. The molecule has 2 heterocycles. The Labute approximate surface area is 331 Å². The predicted octanol–water partition coefficient (Wildman–Crippen LogP) is 13.4. The number of pyridine rings is 1. The zero-order chi connectivity index (χ0) is 38.1. The van der Waals surface area contributed by atoms with Gasteiger partial charge in [-0.05, 0) is 96.0 Å². The van der Waals surface area contributed by atoms with Crippen molar-refractivity contribution in [3.63, 3.8) is 0 Å². The molecule has 0 saturated carbocycles. The molecule has 0 spiro atoms. The van der Waals surface area contributed by atoms with Gasteiger partial charge in [-0.2, -0.15) is 0 Å². The maximum absolute atomic E-state index is 5.02. The molecule has 0 atom stereocenters. The van der Waals surface area contributed by atoms with Crippen molar-refractivity contribution in [1.29, 1.82) is 0 Å². The maximum atomic E-state index is 5.02. The van der Waals surface area contributed by atoms with Gasteiger partial charge in [-0.25, -0.2) is 15.0 Å². The van der Waals surface area contributed by atoms with E-state index in [1.54, 1.807) is 0 Å². The third-order valence-corrected chi connectivity index (χ3v) is 11.8. The van der Waals surface area contributed by atoms with E-state index in [1.165, 1.54) is 60.1 Å². The third kappa shape index (κ3) is 5.44. The van der Waals surface area contributed by atoms with Crippen LogP contribution in [0.2, 0.25) is 0 Å². The number of benzene rings is 8. The normalized spacial score (nSPS) is 12.9. The van der Waals surface area contributed by atoms with E-state index >= 15 is 0 Å². The lowest BCUT2D eigenvalue weighted by Crippen LogP contribution is -2.14. The van der Waals surface area contributed by atoms with Crippen molar-refractivity contribution in [2.45, 2.75) is 19.3 Å². The monoisotopic (exact) mass is 728 g/mol. The highest BCUT2D eigenvalue weighted by Crippen LogP contribution is 2.51. The van der Waals surface area contributed by atoms with Crippen LogP contribution in [-0.4, -0.2) is 19.9 Å². The van der Waals surface area contributed by atoms with Crippen LogP contribution in [0.3, 0.4) is 0 Å². The van der Waals surface area contributed by atoms with E-state index in [9.17, 15) is 0 Å². The van der Waals surface area contributed by atoms with Crippen LogP contribution in [0.15, 0.2) is 182 Å². The Bertz CT molecular complexity index is 3170. The van der Waals surface area contributed by atoms with Gasteiger partial charge in [0.15, 0.2) is 17.5 Å². The summed E-state index contributed by atoms with van der Waals surface area (Å²) < 4.78 is 0. The van der Waals surface area contributed by atoms with Crippen molar-refractivity contribution in [3.05, 3.63) is 193 Å². The van der Waals surface area contributed by atoms with Crippen LogP contribution in [0, 0.1) is 0 Å². The smallest absolute Gasteiger partial charge is 0.164 e. The molecule has 0 fully saturated rings. The van der Waals surface area contributed by atoms with Gasteiger partial charge in [-0.15, -0.1) is 0 Å². The van der Waals surface area contributed by atoms with Crippen LogP contribution in [0.25, 0.3) is 100.0 Å². The van der Waals surface area contributed by atoms with Crippen LogP contribution in [0.4, 0.5) is 0 Å². The topological polar surface area (TPSA) is 51.6 Å². The minimum Gasteiger partial charge on any atom is -0.256 e. The Kier molecular flexibility index (Phi) is 7.48. The molecule has 11 rings (SSSR count). The molecule has 10 aromatic rings. The van der Waals surface area contributed by atoms with Gasteiger partial charge in [-0.3, -0.25) is 4.98 Å². The van der Waals surface area contributed by atoms with Crippen molar-refractivity contribution >= 4 is 32.3 Å². The van der Waals surface area contributed by atoms with Crippen molar-refractivity contribution in [2.24, 2.45) is 0 Å². The van der Waals surface area contributed by atoms with Crippen LogP contribution in [0.1, 0.15) is 25.0 Å². The summed E-state index contributed by atoms with van der Waals surface area (Å²) in [5, 5.41) is 7.69. The minimum absolute atomic E-state index is 0.0639. The Morgan fingerprint density at radius 2 is 0.842 bits per heavy atom. The number of hydrogen-bond acceptors (Lipinski definition) is 4. The number of aromatic nitrogens is 4. The van der Waals surface area contributed by atoms with E-state index in [2.05, 4.69) is 146 Å². The van der Waals surface area contributed by atoms with Crippen molar-refractivity contribution in [3.8, 4) is 67.7 Å². The molecule has 0 unspecified atom stereocenters. The first kappa shape index (κ1) is 33.1. The quantitative estimate of drug-likeness (QED) is 0.166. The molecular weight excluding hydrogens is 693 g/mol. The lowest BCUT2D eigenvalue weighted by Gasteiger charge is -2.22. The summed E-state index contributed by atoms with van der Waals surface area (Å²) in [6, 6.07) is 62.5.